The van der Waals surface area contributed by atoms with E-state index in [2.05, 4.69) is 0 Å². The molecule has 4 heavy (non-hydrogen) atoms. The van der Waals surface area contributed by atoms with E-state index in [0.717, 1.165) is 0 Å². The average molecular weight is 169 g/mol. The molecule has 2 N–H and O–H groups in total. The van der Waals surface area contributed by atoms with Crippen molar-refractivity contribution >= 4 is 21.1 Å². The summed E-state index contributed by atoms with van der Waals surface area (Å²) >= 11 is -2.27. The molecule has 0 radical (unpaired) electrons. The molecule has 0 heterocycles. The summed E-state index contributed by atoms with van der Waals surface area (Å²) in [6, 6.07) is 0. The summed E-state index contributed by atoms with van der Waals surface area (Å²) < 4.78 is 17.1. The molecule has 0 saturated heterocycles. The minimum atomic E-state index is -2.27. The zero-order valence-corrected chi connectivity index (χ0v) is 4.67. The van der Waals surface area contributed by atoms with Gasteiger partial charge in [-0.25, -0.2) is 0 Å². The van der Waals surface area contributed by atoms with Crippen LogP contribution in [-0.4, -0.2) is 26.6 Å². The molecule has 0 aromatic heterocycles. The molecule has 4 heteroatoms. The predicted octanol–water partition coefficient (Wildman–Crippen LogP) is -1.44. The Morgan fingerprint density at radius 3 is 1.25 bits per heavy atom. The first-order valence-corrected chi connectivity index (χ1v) is 2.74. The molecule has 0 aromatic rings. The maximum atomic E-state index is 8.54. The van der Waals surface area contributed by atoms with E-state index in [4.69, 9.17) is 6.15 Å². The van der Waals surface area contributed by atoms with Gasteiger partial charge in [0.2, 0.25) is 0 Å². The van der Waals surface area contributed by atoms with E-state index in [9.17, 15) is 0 Å². The van der Waals surface area contributed by atoms with Crippen molar-refractivity contribution in [2.75, 3.05) is 0 Å². The van der Waals surface area contributed by atoms with Gasteiger partial charge in [-0.1, -0.05) is 0 Å². The van der Waals surface area contributed by atoms with Gasteiger partial charge in [0, 0.05) is 0 Å². The van der Waals surface area contributed by atoms with Crippen molar-refractivity contribution in [1.82, 2.24) is 0 Å². The van der Waals surface area contributed by atoms with E-state index in [0.29, 0.717) is 0 Å². The van der Waals surface area contributed by atoms with E-state index in [1.54, 1.807) is 0 Å². The SMILES string of the molecule is O.[O]=[Sn]=[O]. The molecule has 0 aromatic carbocycles. The summed E-state index contributed by atoms with van der Waals surface area (Å²) in [5.41, 5.74) is 0. The molecular formula is H2O3Sn. The first kappa shape index (κ1) is 8.84. The van der Waals surface area contributed by atoms with Gasteiger partial charge in [-0.05, 0) is 0 Å². The van der Waals surface area contributed by atoms with Gasteiger partial charge in [-0.3, -0.25) is 0 Å². The molecule has 0 aliphatic heterocycles. The van der Waals surface area contributed by atoms with Gasteiger partial charge in [0.05, 0.1) is 0 Å². The summed E-state index contributed by atoms with van der Waals surface area (Å²) in [4.78, 5) is 0. The molecule has 0 aliphatic rings. The van der Waals surface area contributed by atoms with Gasteiger partial charge >= 0.3 is 27.3 Å². The summed E-state index contributed by atoms with van der Waals surface area (Å²) in [6.07, 6.45) is 0. The third kappa shape index (κ3) is 33.8. The molecule has 0 fully saturated rings. The van der Waals surface area contributed by atoms with Crippen molar-refractivity contribution in [3.8, 4) is 0 Å². The van der Waals surface area contributed by atoms with Crippen molar-refractivity contribution in [3.63, 3.8) is 0 Å². The maximum absolute atomic E-state index is 8.54. The number of hydrogen-bond donors (Lipinski definition) is 0. The number of rotatable bonds is 0. The monoisotopic (exact) mass is 170 g/mol. The Morgan fingerprint density at radius 2 is 1.25 bits per heavy atom. The minimum absolute atomic E-state index is 0. The second-order valence-electron chi connectivity index (χ2n) is 0.0833. The van der Waals surface area contributed by atoms with Crippen LogP contribution in [0.5, 0.6) is 0 Å². The topological polar surface area (TPSA) is 65.6 Å². The van der Waals surface area contributed by atoms with E-state index in [-0.39, 0.29) is 5.48 Å². The average Bonchev–Trinajstić information content (AvgIpc) is 0.918. The van der Waals surface area contributed by atoms with E-state index in [1.165, 1.54) is 0 Å². The van der Waals surface area contributed by atoms with Crippen LogP contribution >= 0.6 is 0 Å². The molecule has 0 bridgehead atoms. The quantitative estimate of drug-likeness (QED) is 0.416. The van der Waals surface area contributed by atoms with Crippen LogP contribution < -0.4 is 0 Å². The summed E-state index contributed by atoms with van der Waals surface area (Å²) in [6.45, 7) is 0. The molecule has 0 spiro atoms. The van der Waals surface area contributed by atoms with Crippen molar-refractivity contribution < 1.29 is 11.6 Å². The predicted molar refractivity (Wildman–Crippen MR) is 10.7 cm³/mol. The fourth-order valence-electron chi connectivity index (χ4n) is 0. The van der Waals surface area contributed by atoms with Crippen molar-refractivity contribution in [3.05, 3.63) is 0 Å². The third-order valence-electron chi connectivity index (χ3n) is 0. The summed E-state index contributed by atoms with van der Waals surface area (Å²) in [5.74, 6) is 0. The van der Waals surface area contributed by atoms with Crippen LogP contribution in [0.1, 0.15) is 0 Å². The van der Waals surface area contributed by atoms with Crippen molar-refractivity contribution in [1.29, 1.82) is 0 Å². The second-order valence-corrected chi connectivity index (χ2v) is 0.559. The standard InChI is InChI=1S/H2O.2O.Sn/h1H2;;;. The van der Waals surface area contributed by atoms with Crippen LogP contribution in [0.25, 0.3) is 0 Å². The van der Waals surface area contributed by atoms with Gasteiger partial charge < -0.3 is 5.48 Å². The summed E-state index contributed by atoms with van der Waals surface area (Å²) in [7, 11) is 0. The van der Waals surface area contributed by atoms with Crippen LogP contribution in [0.4, 0.5) is 0 Å². The molecule has 0 atom stereocenters. The molecule has 0 amide bonds. The first-order valence-electron chi connectivity index (χ1n) is 0.408. The molecule has 0 unspecified atom stereocenters. The Labute approximate surface area is 33.3 Å². The third-order valence-corrected chi connectivity index (χ3v) is 0. The Balaban J connectivity index is 0. The van der Waals surface area contributed by atoms with Gasteiger partial charge in [0.1, 0.15) is 0 Å². The Hall–Kier alpha value is 0.359. The Bertz CT molecular complexity index is 24.3. The van der Waals surface area contributed by atoms with Gasteiger partial charge in [-0.2, -0.15) is 0 Å². The van der Waals surface area contributed by atoms with E-state index >= 15 is 0 Å². The van der Waals surface area contributed by atoms with E-state index < -0.39 is 21.1 Å². The molecule has 0 rings (SSSR count). The molecule has 0 aliphatic carbocycles. The van der Waals surface area contributed by atoms with Crippen LogP contribution in [0.15, 0.2) is 0 Å². The molecule has 24 valence electrons. The normalized spacial score (nSPS) is 2.00. The Morgan fingerprint density at radius 1 is 1.25 bits per heavy atom. The van der Waals surface area contributed by atoms with Gasteiger partial charge in [-0.15, -0.1) is 0 Å². The van der Waals surface area contributed by atoms with Crippen LogP contribution in [-0.2, 0) is 6.15 Å². The Kier molecular flexibility index (Phi) is 22.4. The van der Waals surface area contributed by atoms with E-state index in [1.807, 2.05) is 0 Å². The fourth-order valence-corrected chi connectivity index (χ4v) is 0. The number of hydrogen-bond acceptors (Lipinski definition) is 2. The van der Waals surface area contributed by atoms with Gasteiger partial charge in [0.25, 0.3) is 0 Å². The van der Waals surface area contributed by atoms with Crippen LogP contribution in [0, 0.1) is 0 Å². The second kappa shape index (κ2) is 10.1. The molecule has 0 saturated carbocycles. The zero-order chi connectivity index (χ0) is 2.71. The van der Waals surface area contributed by atoms with Crippen molar-refractivity contribution in [2.45, 2.75) is 0 Å². The molecular weight excluding hydrogens is 167 g/mol. The zero-order valence-electron chi connectivity index (χ0n) is 1.82. The molecule has 3 nitrogen and oxygen atoms in total. The first-order chi connectivity index (χ1) is 1.41. The fraction of sp³-hybridized carbons (Fsp3) is 0. The van der Waals surface area contributed by atoms with Crippen LogP contribution in [0.3, 0.4) is 0 Å². The summed E-state index contributed by atoms with van der Waals surface area (Å²) in [5, 5.41) is 0. The van der Waals surface area contributed by atoms with Gasteiger partial charge in [0.15, 0.2) is 0 Å². The van der Waals surface area contributed by atoms with Crippen molar-refractivity contribution in [2.24, 2.45) is 0 Å². The van der Waals surface area contributed by atoms with Crippen LogP contribution in [0.2, 0.25) is 0 Å².